The molecule has 3 aromatic rings. The molecule has 2 N–H and O–H groups in total. The van der Waals surface area contributed by atoms with E-state index in [1.54, 1.807) is 12.1 Å². The fourth-order valence-electron chi connectivity index (χ4n) is 2.60. The van der Waals surface area contributed by atoms with E-state index in [4.69, 9.17) is 16.3 Å². The Hall–Kier alpha value is -2.27. The third kappa shape index (κ3) is 5.51. The molecular formula is C20H18BrClN2O5S2. The lowest BCUT2D eigenvalue weighted by molar-refractivity contribution is 0.411. The number of sulfonamides is 2. The molecule has 0 spiro atoms. The van der Waals surface area contributed by atoms with Gasteiger partial charge in [0, 0.05) is 10.7 Å². The number of rotatable bonds is 7. The van der Waals surface area contributed by atoms with Crippen LogP contribution < -0.4 is 14.2 Å². The summed E-state index contributed by atoms with van der Waals surface area (Å²) in [6, 6.07) is 14.5. The number of hydrogen-bond acceptors (Lipinski definition) is 5. The zero-order valence-electron chi connectivity index (χ0n) is 16.4. The highest BCUT2D eigenvalue weighted by Gasteiger charge is 2.18. The van der Waals surface area contributed by atoms with Gasteiger partial charge in [-0.3, -0.25) is 9.44 Å². The van der Waals surface area contributed by atoms with Crippen LogP contribution in [-0.4, -0.2) is 23.9 Å². The molecule has 0 unspecified atom stereocenters. The van der Waals surface area contributed by atoms with Crippen molar-refractivity contribution in [3.05, 3.63) is 75.7 Å². The zero-order chi connectivity index (χ0) is 22.8. The highest BCUT2D eigenvalue weighted by atomic mass is 79.9. The van der Waals surface area contributed by atoms with E-state index in [0.29, 0.717) is 20.9 Å². The topological polar surface area (TPSA) is 102 Å². The van der Waals surface area contributed by atoms with Gasteiger partial charge in [-0.25, -0.2) is 16.8 Å². The number of aryl methyl sites for hydroxylation is 1. The summed E-state index contributed by atoms with van der Waals surface area (Å²) in [4.78, 5) is -0.00544. The minimum absolute atomic E-state index is 0.0230. The van der Waals surface area contributed by atoms with E-state index in [0.717, 1.165) is 5.56 Å². The number of benzene rings is 3. The maximum atomic E-state index is 12.6. The molecule has 0 aliphatic rings. The Labute approximate surface area is 194 Å². The molecule has 0 saturated heterocycles. The summed E-state index contributed by atoms with van der Waals surface area (Å²) in [5.74, 6) is 0.496. The number of anilines is 2. The second kappa shape index (κ2) is 9.07. The van der Waals surface area contributed by atoms with Crippen LogP contribution in [0.1, 0.15) is 5.56 Å². The predicted octanol–water partition coefficient (Wildman–Crippen LogP) is 5.02. The minimum atomic E-state index is -3.88. The lowest BCUT2D eigenvalue weighted by atomic mass is 10.2. The van der Waals surface area contributed by atoms with Crippen molar-refractivity contribution < 1.29 is 21.6 Å². The normalized spacial score (nSPS) is 11.7. The van der Waals surface area contributed by atoms with Crippen LogP contribution >= 0.6 is 27.5 Å². The first kappa shape index (κ1) is 23.4. The van der Waals surface area contributed by atoms with Gasteiger partial charge in [0.15, 0.2) is 0 Å². The first-order valence-corrected chi connectivity index (χ1v) is 12.9. The van der Waals surface area contributed by atoms with Gasteiger partial charge in [-0.1, -0.05) is 17.7 Å². The molecule has 0 atom stereocenters. The molecule has 7 nitrogen and oxygen atoms in total. The third-order valence-electron chi connectivity index (χ3n) is 4.27. The molecule has 11 heteroatoms. The molecule has 0 bridgehead atoms. The molecule has 31 heavy (non-hydrogen) atoms. The summed E-state index contributed by atoms with van der Waals surface area (Å²) in [7, 11) is -6.28. The van der Waals surface area contributed by atoms with Gasteiger partial charge in [-0.15, -0.1) is 0 Å². The van der Waals surface area contributed by atoms with Gasteiger partial charge in [0.05, 0.1) is 27.1 Å². The van der Waals surface area contributed by atoms with Crippen molar-refractivity contribution in [1.82, 2.24) is 0 Å². The molecule has 0 heterocycles. The van der Waals surface area contributed by atoms with Crippen LogP contribution in [0, 0.1) is 6.92 Å². The molecular weight excluding hydrogens is 528 g/mol. The van der Waals surface area contributed by atoms with Crippen molar-refractivity contribution in [2.45, 2.75) is 16.7 Å². The first-order valence-electron chi connectivity index (χ1n) is 8.77. The molecule has 0 aliphatic heterocycles. The molecule has 0 aromatic heterocycles. The zero-order valence-corrected chi connectivity index (χ0v) is 20.4. The standard InChI is InChI=1S/C20H18BrClN2O5S2/c1-13-3-4-15(11-19(13)22)24-30(25,26)16-7-5-14(6-8-16)23-31(27,28)17-9-10-20(29-2)18(21)12-17/h3-12,23-24H,1-2H3. The van der Waals surface area contributed by atoms with E-state index in [9.17, 15) is 16.8 Å². The van der Waals surface area contributed by atoms with Gasteiger partial charge >= 0.3 is 0 Å². The molecule has 0 aliphatic carbocycles. The van der Waals surface area contributed by atoms with Crippen molar-refractivity contribution in [3.63, 3.8) is 0 Å². The van der Waals surface area contributed by atoms with Gasteiger partial charge in [0.2, 0.25) is 0 Å². The molecule has 0 amide bonds. The molecule has 164 valence electrons. The Kier molecular flexibility index (Phi) is 6.85. The summed E-state index contributed by atoms with van der Waals surface area (Å²) in [6.45, 7) is 1.81. The number of halogens is 2. The maximum Gasteiger partial charge on any atom is 0.261 e. The van der Waals surface area contributed by atoms with Gasteiger partial charge in [-0.2, -0.15) is 0 Å². The quantitative estimate of drug-likeness (QED) is 0.434. The lowest BCUT2D eigenvalue weighted by Crippen LogP contribution is -2.14. The van der Waals surface area contributed by atoms with Crippen molar-refractivity contribution in [1.29, 1.82) is 0 Å². The summed E-state index contributed by atoms with van der Waals surface area (Å²) in [5.41, 5.74) is 1.36. The van der Waals surface area contributed by atoms with E-state index in [2.05, 4.69) is 25.4 Å². The molecule has 3 rings (SSSR count). The Morgan fingerprint density at radius 3 is 1.94 bits per heavy atom. The van der Waals surface area contributed by atoms with Crippen LogP contribution in [0.5, 0.6) is 5.75 Å². The van der Waals surface area contributed by atoms with Gasteiger partial charge < -0.3 is 4.74 Å². The van der Waals surface area contributed by atoms with Crippen LogP contribution in [0.2, 0.25) is 5.02 Å². The van der Waals surface area contributed by atoms with Gasteiger partial charge in [0.1, 0.15) is 5.75 Å². The number of hydrogen-bond donors (Lipinski definition) is 2. The SMILES string of the molecule is COc1ccc(S(=O)(=O)Nc2ccc(S(=O)(=O)Nc3ccc(C)c(Cl)c3)cc2)cc1Br. The predicted molar refractivity (Wildman–Crippen MR) is 125 cm³/mol. The van der Waals surface area contributed by atoms with E-state index in [-0.39, 0.29) is 15.5 Å². The van der Waals surface area contributed by atoms with Gasteiger partial charge in [0.25, 0.3) is 20.0 Å². The highest BCUT2D eigenvalue weighted by molar-refractivity contribution is 9.10. The maximum absolute atomic E-state index is 12.6. The fourth-order valence-corrected chi connectivity index (χ4v) is 5.61. The van der Waals surface area contributed by atoms with Crippen LogP contribution in [0.15, 0.2) is 74.9 Å². The average Bonchev–Trinajstić information content (AvgIpc) is 2.70. The largest absolute Gasteiger partial charge is 0.496 e. The van der Waals surface area contributed by atoms with Crippen molar-refractivity contribution in [2.24, 2.45) is 0 Å². The monoisotopic (exact) mass is 544 g/mol. The lowest BCUT2D eigenvalue weighted by Gasteiger charge is -2.12. The second-order valence-corrected chi connectivity index (χ2v) is 11.1. The Morgan fingerprint density at radius 1 is 0.806 bits per heavy atom. The average molecular weight is 546 g/mol. The van der Waals surface area contributed by atoms with Crippen LogP contribution in [0.3, 0.4) is 0 Å². The number of nitrogens with one attached hydrogen (secondary N) is 2. The first-order chi connectivity index (χ1) is 14.5. The summed E-state index contributed by atoms with van der Waals surface area (Å²) < 4.78 is 60.9. The Morgan fingerprint density at radius 2 is 1.35 bits per heavy atom. The smallest absolute Gasteiger partial charge is 0.261 e. The molecule has 0 radical (unpaired) electrons. The van der Waals surface area contributed by atoms with Crippen LogP contribution in [0.25, 0.3) is 0 Å². The van der Waals surface area contributed by atoms with Crippen LogP contribution in [0.4, 0.5) is 11.4 Å². The number of ether oxygens (including phenoxy) is 1. The van der Waals surface area contributed by atoms with E-state index < -0.39 is 20.0 Å². The molecule has 0 saturated carbocycles. The molecule has 0 fully saturated rings. The van der Waals surface area contributed by atoms with E-state index >= 15 is 0 Å². The van der Waals surface area contributed by atoms with Crippen molar-refractivity contribution in [2.75, 3.05) is 16.6 Å². The van der Waals surface area contributed by atoms with Crippen molar-refractivity contribution in [3.8, 4) is 5.75 Å². The Balaban J connectivity index is 1.79. The van der Waals surface area contributed by atoms with E-state index in [1.807, 2.05) is 6.92 Å². The summed E-state index contributed by atoms with van der Waals surface area (Å²) in [5, 5.41) is 0.440. The molecule has 3 aromatic carbocycles. The van der Waals surface area contributed by atoms with E-state index in [1.165, 1.54) is 55.6 Å². The second-order valence-electron chi connectivity index (χ2n) is 6.50. The van der Waals surface area contributed by atoms with Gasteiger partial charge in [-0.05, 0) is 83.0 Å². The van der Waals surface area contributed by atoms with Crippen LogP contribution in [-0.2, 0) is 20.0 Å². The Bertz CT molecular complexity index is 1330. The number of methoxy groups -OCH3 is 1. The summed E-state index contributed by atoms with van der Waals surface area (Å²) in [6.07, 6.45) is 0. The van der Waals surface area contributed by atoms with Crippen molar-refractivity contribution >= 4 is 59.0 Å². The summed E-state index contributed by atoms with van der Waals surface area (Å²) >= 11 is 9.29. The fraction of sp³-hybridized carbons (Fsp3) is 0.100. The highest BCUT2D eigenvalue weighted by Crippen LogP contribution is 2.29. The third-order valence-corrected chi connectivity index (χ3v) is 8.08. The minimum Gasteiger partial charge on any atom is -0.496 e.